The number of aliphatic imine (C=N–C) groups is 1. The highest BCUT2D eigenvalue weighted by molar-refractivity contribution is 5.79. The van der Waals surface area contributed by atoms with Gasteiger partial charge in [-0.3, -0.25) is 9.69 Å². The molecule has 1 heterocycles. The third-order valence-electron chi connectivity index (χ3n) is 5.22. The van der Waals surface area contributed by atoms with Gasteiger partial charge in [0.2, 0.25) is 0 Å². The molecule has 29 heavy (non-hydrogen) atoms. The van der Waals surface area contributed by atoms with Crippen LogP contribution in [0.1, 0.15) is 63.0 Å². The summed E-state index contributed by atoms with van der Waals surface area (Å²) in [6.45, 7) is 7.94. The molecule has 0 aliphatic carbocycles. The SMILES string of the molecule is CCNC(=NCc1ccc(CN2CCCCC2)cc1)NCCCCCC(=O)OC. The van der Waals surface area contributed by atoms with Crippen LogP contribution in [0.15, 0.2) is 29.3 Å². The van der Waals surface area contributed by atoms with E-state index < -0.39 is 0 Å². The van der Waals surface area contributed by atoms with Gasteiger partial charge in [0.25, 0.3) is 0 Å². The quantitative estimate of drug-likeness (QED) is 0.257. The first kappa shape index (κ1) is 23.2. The smallest absolute Gasteiger partial charge is 0.305 e. The molecule has 6 heteroatoms. The molecule has 0 atom stereocenters. The highest BCUT2D eigenvalue weighted by atomic mass is 16.5. The van der Waals surface area contributed by atoms with E-state index in [0.717, 1.165) is 44.9 Å². The maximum atomic E-state index is 11.1. The minimum Gasteiger partial charge on any atom is -0.469 e. The van der Waals surface area contributed by atoms with Crippen molar-refractivity contribution in [2.24, 2.45) is 4.99 Å². The number of esters is 1. The standard InChI is InChI=1S/C23H38N4O2/c1-3-24-23(25-15-7-4-6-10-22(28)29-2)26-18-20-11-13-21(14-12-20)19-27-16-8-5-9-17-27/h11-14H,3-10,15-19H2,1-2H3,(H2,24,25,26). The van der Waals surface area contributed by atoms with E-state index in [1.807, 2.05) is 0 Å². The summed E-state index contributed by atoms with van der Waals surface area (Å²) in [7, 11) is 1.44. The van der Waals surface area contributed by atoms with Gasteiger partial charge in [-0.2, -0.15) is 0 Å². The molecule has 2 N–H and O–H groups in total. The number of nitrogens with one attached hydrogen (secondary N) is 2. The average Bonchev–Trinajstić information content (AvgIpc) is 2.75. The van der Waals surface area contributed by atoms with Gasteiger partial charge in [0.1, 0.15) is 0 Å². The number of hydrogen-bond donors (Lipinski definition) is 2. The first-order valence-corrected chi connectivity index (χ1v) is 11.1. The van der Waals surface area contributed by atoms with E-state index in [1.54, 1.807) is 0 Å². The van der Waals surface area contributed by atoms with Crippen LogP contribution >= 0.6 is 0 Å². The van der Waals surface area contributed by atoms with Crippen LogP contribution in [0, 0.1) is 0 Å². The number of methoxy groups -OCH3 is 1. The zero-order valence-corrected chi connectivity index (χ0v) is 18.2. The molecular formula is C23H38N4O2. The number of piperidine rings is 1. The lowest BCUT2D eigenvalue weighted by molar-refractivity contribution is -0.140. The molecular weight excluding hydrogens is 364 g/mol. The third kappa shape index (κ3) is 9.79. The molecule has 0 radical (unpaired) electrons. The highest BCUT2D eigenvalue weighted by Crippen LogP contribution is 2.14. The first-order chi connectivity index (χ1) is 14.2. The van der Waals surface area contributed by atoms with Crippen molar-refractivity contribution in [2.75, 3.05) is 33.3 Å². The Balaban J connectivity index is 1.71. The molecule has 0 saturated carbocycles. The Kier molecular flexibility index (Phi) is 11.2. The zero-order valence-electron chi connectivity index (χ0n) is 18.2. The second-order valence-electron chi connectivity index (χ2n) is 7.66. The molecule has 1 aromatic rings. The second-order valence-corrected chi connectivity index (χ2v) is 7.66. The predicted molar refractivity (Wildman–Crippen MR) is 119 cm³/mol. The molecule has 0 spiro atoms. The molecule has 162 valence electrons. The van der Waals surface area contributed by atoms with Crippen LogP contribution in [0.4, 0.5) is 0 Å². The summed E-state index contributed by atoms with van der Waals surface area (Å²) >= 11 is 0. The maximum Gasteiger partial charge on any atom is 0.305 e. The number of hydrogen-bond acceptors (Lipinski definition) is 4. The van der Waals surface area contributed by atoms with Gasteiger partial charge in [0, 0.05) is 26.1 Å². The Hall–Kier alpha value is -2.08. The summed E-state index contributed by atoms with van der Waals surface area (Å²) in [6.07, 6.45) is 7.41. The molecule has 1 aliphatic heterocycles. The number of unbranched alkanes of at least 4 members (excludes halogenated alkanes) is 2. The first-order valence-electron chi connectivity index (χ1n) is 11.1. The average molecular weight is 403 g/mol. The minimum atomic E-state index is -0.130. The topological polar surface area (TPSA) is 66.0 Å². The van der Waals surface area contributed by atoms with Crippen molar-refractivity contribution in [2.45, 2.75) is 65.0 Å². The summed E-state index contributed by atoms with van der Waals surface area (Å²) in [6, 6.07) is 8.86. The van der Waals surface area contributed by atoms with Crippen molar-refractivity contribution in [3.05, 3.63) is 35.4 Å². The number of ether oxygens (including phenoxy) is 1. The van der Waals surface area contributed by atoms with E-state index in [1.165, 1.54) is 50.6 Å². The van der Waals surface area contributed by atoms with Crippen molar-refractivity contribution < 1.29 is 9.53 Å². The van der Waals surface area contributed by atoms with Crippen LogP contribution in [-0.2, 0) is 22.6 Å². The van der Waals surface area contributed by atoms with Gasteiger partial charge in [-0.1, -0.05) is 37.1 Å². The zero-order chi connectivity index (χ0) is 20.7. The van der Waals surface area contributed by atoms with Gasteiger partial charge in [-0.25, -0.2) is 4.99 Å². The van der Waals surface area contributed by atoms with Crippen molar-refractivity contribution in [3.8, 4) is 0 Å². The van der Waals surface area contributed by atoms with Crippen LogP contribution in [-0.4, -0.2) is 50.1 Å². The number of rotatable bonds is 11. The van der Waals surface area contributed by atoms with Crippen molar-refractivity contribution in [1.29, 1.82) is 0 Å². The second kappa shape index (κ2) is 14.0. The normalized spacial score (nSPS) is 15.2. The molecule has 2 rings (SSSR count). The fourth-order valence-electron chi connectivity index (χ4n) is 3.52. The lowest BCUT2D eigenvalue weighted by Crippen LogP contribution is -2.37. The molecule has 1 aromatic carbocycles. The van der Waals surface area contributed by atoms with E-state index in [9.17, 15) is 4.79 Å². The number of likely N-dealkylation sites (tertiary alicyclic amines) is 1. The molecule has 1 aliphatic rings. The summed E-state index contributed by atoms with van der Waals surface area (Å²) < 4.78 is 4.66. The van der Waals surface area contributed by atoms with E-state index >= 15 is 0 Å². The lowest BCUT2D eigenvalue weighted by atomic mass is 10.1. The summed E-state index contributed by atoms with van der Waals surface area (Å²) in [5, 5.41) is 6.67. The number of carbonyl (C=O) groups is 1. The van der Waals surface area contributed by atoms with Crippen molar-refractivity contribution in [3.63, 3.8) is 0 Å². The Bertz CT molecular complexity index is 610. The largest absolute Gasteiger partial charge is 0.469 e. The molecule has 1 fully saturated rings. The van der Waals surface area contributed by atoms with E-state index in [4.69, 9.17) is 4.99 Å². The van der Waals surface area contributed by atoms with Gasteiger partial charge >= 0.3 is 5.97 Å². The Labute approximate surface area is 176 Å². The van der Waals surface area contributed by atoms with E-state index in [0.29, 0.717) is 13.0 Å². The summed E-state index contributed by atoms with van der Waals surface area (Å²) in [5.41, 5.74) is 2.61. The van der Waals surface area contributed by atoms with Crippen molar-refractivity contribution in [1.82, 2.24) is 15.5 Å². The number of guanidine groups is 1. The number of nitrogens with zero attached hydrogens (tertiary/aromatic N) is 2. The van der Waals surface area contributed by atoms with Gasteiger partial charge in [0.05, 0.1) is 13.7 Å². The van der Waals surface area contributed by atoms with E-state index in [-0.39, 0.29) is 5.97 Å². The Morgan fingerprint density at radius 3 is 2.45 bits per heavy atom. The third-order valence-corrected chi connectivity index (χ3v) is 5.22. The number of carbonyl (C=O) groups excluding carboxylic acids is 1. The molecule has 0 unspecified atom stereocenters. The van der Waals surface area contributed by atoms with Gasteiger partial charge < -0.3 is 15.4 Å². The fourth-order valence-corrected chi connectivity index (χ4v) is 3.52. The fraction of sp³-hybridized carbons (Fsp3) is 0.652. The van der Waals surface area contributed by atoms with Gasteiger partial charge in [-0.05, 0) is 56.8 Å². The van der Waals surface area contributed by atoms with Crippen LogP contribution < -0.4 is 10.6 Å². The lowest BCUT2D eigenvalue weighted by Gasteiger charge is -2.26. The predicted octanol–water partition coefficient (Wildman–Crippen LogP) is 3.46. The minimum absolute atomic E-state index is 0.130. The van der Waals surface area contributed by atoms with Gasteiger partial charge in [-0.15, -0.1) is 0 Å². The highest BCUT2D eigenvalue weighted by Gasteiger charge is 2.10. The summed E-state index contributed by atoms with van der Waals surface area (Å²) in [4.78, 5) is 18.4. The van der Waals surface area contributed by atoms with Crippen LogP contribution in [0.5, 0.6) is 0 Å². The molecule has 0 bridgehead atoms. The van der Waals surface area contributed by atoms with Crippen LogP contribution in [0.3, 0.4) is 0 Å². The van der Waals surface area contributed by atoms with Crippen LogP contribution in [0.25, 0.3) is 0 Å². The maximum absolute atomic E-state index is 11.1. The molecule has 0 amide bonds. The van der Waals surface area contributed by atoms with Crippen molar-refractivity contribution >= 4 is 11.9 Å². The molecule has 1 saturated heterocycles. The Morgan fingerprint density at radius 2 is 1.76 bits per heavy atom. The monoisotopic (exact) mass is 402 g/mol. The summed E-state index contributed by atoms with van der Waals surface area (Å²) in [5.74, 6) is 0.715. The molecule has 0 aromatic heterocycles. The molecule has 6 nitrogen and oxygen atoms in total. The van der Waals surface area contributed by atoms with Crippen LogP contribution in [0.2, 0.25) is 0 Å². The Morgan fingerprint density at radius 1 is 1.03 bits per heavy atom. The number of benzene rings is 1. The van der Waals surface area contributed by atoms with Gasteiger partial charge in [0.15, 0.2) is 5.96 Å². The van der Waals surface area contributed by atoms with E-state index in [2.05, 4.69) is 51.5 Å².